The van der Waals surface area contributed by atoms with Crippen molar-refractivity contribution in [1.82, 2.24) is 9.62 Å². The standard InChI is InChI=1S/C17H18F4N2S2/c1-2-23(25-15-8-7-14(24-15)12-9-22-10-12)16(17(19,20)21)11-3-5-13(18)6-4-11/h3-8,12,16,22H,2,9-10H2,1H3. The number of halogens is 4. The van der Waals surface area contributed by atoms with Gasteiger partial charge in [-0.2, -0.15) is 13.2 Å². The molecule has 0 spiro atoms. The Hall–Kier alpha value is -1.09. The second-order valence-electron chi connectivity index (χ2n) is 5.83. The molecule has 8 heteroatoms. The first kappa shape index (κ1) is 18.7. The van der Waals surface area contributed by atoms with Crippen LogP contribution in [-0.2, 0) is 0 Å². The maximum Gasteiger partial charge on any atom is 0.408 e. The molecule has 1 aromatic carbocycles. The van der Waals surface area contributed by atoms with E-state index in [9.17, 15) is 17.6 Å². The fourth-order valence-corrected chi connectivity index (χ4v) is 5.07. The van der Waals surface area contributed by atoms with Crippen LogP contribution in [0.5, 0.6) is 0 Å². The van der Waals surface area contributed by atoms with Gasteiger partial charge in [0.1, 0.15) is 11.9 Å². The summed E-state index contributed by atoms with van der Waals surface area (Å²) < 4.78 is 56.3. The van der Waals surface area contributed by atoms with Gasteiger partial charge < -0.3 is 5.32 Å². The molecule has 136 valence electrons. The normalized spacial score (nSPS) is 16.9. The Bertz CT molecular complexity index is 695. The van der Waals surface area contributed by atoms with Crippen LogP contribution in [0.25, 0.3) is 0 Å². The van der Waals surface area contributed by atoms with Gasteiger partial charge in [-0.05, 0) is 41.8 Å². The molecular weight excluding hydrogens is 372 g/mol. The zero-order valence-corrected chi connectivity index (χ0v) is 15.1. The van der Waals surface area contributed by atoms with E-state index in [0.29, 0.717) is 5.92 Å². The average Bonchev–Trinajstić information content (AvgIpc) is 2.93. The highest BCUT2D eigenvalue weighted by Gasteiger charge is 2.45. The third-order valence-electron chi connectivity index (χ3n) is 4.09. The number of rotatable bonds is 6. The molecule has 0 amide bonds. The van der Waals surface area contributed by atoms with E-state index in [-0.39, 0.29) is 12.1 Å². The zero-order valence-electron chi connectivity index (χ0n) is 13.5. The van der Waals surface area contributed by atoms with Crippen molar-refractivity contribution in [2.24, 2.45) is 0 Å². The monoisotopic (exact) mass is 390 g/mol. The van der Waals surface area contributed by atoms with E-state index in [2.05, 4.69) is 5.32 Å². The summed E-state index contributed by atoms with van der Waals surface area (Å²) >= 11 is 2.65. The van der Waals surface area contributed by atoms with Gasteiger partial charge in [-0.1, -0.05) is 19.1 Å². The van der Waals surface area contributed by atoms with Crippen LogP contribution in [0.4, 0.5) is 17.6 Å². The lowest BCUT2D eigenvalue weighted by molar-refractivity contribution is -0.172. The van der Waals surface area contributed by atoms with E-state index in [1.807, 2.05) is 12.1 Å². The van der Waals surface area contributed by atoms with Crippen LogP contribution in [0.15, 0.2) is 40.6 Å². The molecule has 1 unspecified atom stereocenters. The Balaban J connectivity index is 1.82. The number of nitrogens with zero attached hydrogens (tertiary/aromatic N) is 1. The summed E-state index contributed by atoms with van der Waals surface area (Å²) in [5.74, 6) is -0.0812. The summed E-state index contributed by atoms with van der Waals surface area (Å²) in [4.78, 5) is 1.20. The van der Waals surface area contributed by atoms with E-state index >= 15 is 0 Å². The van der Waals surface area contributed by atoms with Crippen LogP contribution in [0.3, 0.4) is 0 Å². The Morgan fingerprint density at radius 3 is 2.40 bits per heavy atom. The molecule has 0 saturated carbocycles. The topological polar surface area (TPSA) is 15.3 Å². The highest BCUT2D eigenvalue weighted by atomic mass is 32.2. The Kier molecular flexibility index (Phi) is 5.72. The lowest BCUT2D eigenvalue weighted by Crippen LogP contribution is -2.39. The van der Waals surface area contributed by atoms with Crippen molar-refractivity contribution in [2.45, 2.75) is 29.3 Å². The number of alkyl halides is 3. The van der Waals surface area contributed by atoms with Crippen LogP contribution in [0.1, 0.15) is 29.3 Å². The van der Waals surface area contributed by atoms with E-state index in [0.717, 1.165) is 41.4 Å². The first-order valence-corrected chi connectivity index (χ1v) is 9.54. The number of hydrogen-bond donors (Lipinski definition) is 1. The number of thiophene rings is 1. The fraction of sp³-hybridized carbons (Fsp3) is 0.412. The summed E-state index contributed by atoms with van der Waals surface area (Å²) in [6.07, 6.45) is -4.45. The summed E-state index contributed by atoms with van der Waals surface area (Å²) in [7, 11) is 0. The third-order valence-corrected chi connectivity index (χ3v) is 6.62. The Labute approximate surface area is 152 Å². The highest BCUT2D eigenvalue weighted by Crippen LogP contribution is 2.44. The fourth-order valence-electron chi connectivity index (χ4n) is 2.67. The van der Waals surface area contributed by atoms with E-state index in [1.54, 1.807) is 18.3 Å². The Morgan fingerprint density at radius 2 is 1.88 bits per heavy atom. The largest absolute Gasteiger partial charge is 0.408 e. The van der Waals surface area contributed by atoms with Crippen LogP contribution >= 0.6 is 23.3 Å². The molecule has 1 N–H and O–H groups in total. The van der Waals surface area contributed by atoms with Crippen LogP contribution in [-0.4, -0.2) is 30.1 Å². The molecule has 3 rings (SSSR count). The molecule has 1 fully saturated rings. The highest BCUT2D eigenvalue weighted by molar-refractivity contribution is 7.99. The molecular formula is C17H18F4N2S2. The van der Waals surface area contributed by atoms with Gasteiger partial charge in [-0.3, -0.25) is 0 Å². The molecule has 0 aliphatic carbocycles. The van der Waals surface area contributed by atoms with Crippen molar-refractivity contribution in [3.05, 3.63) is 52.7 Å². The van der Waals surface area contributed by atoms with Gasteiger partial charge in [0, 0.05) is 30.4 Å². The van der Waals surface area contributed by atoms with Gasteiger partial charge in [0.2, 0.25) is 0 Å². The average molecular weight is 390 g/mol. The predicted octanol–water partition coefficient (Wildman–Crippen LogP) is 5.21. The van der Waals surface area contributed by atoms with Crippen LogP contribution < -0.4 is 5.32 Å². The van der Waals surface area contributed by atoms with Gasteiger partial charge in [0.15, 0.2) is 0 Å². The zero-order chi connectivity index (χ0) is 18.0. The number of benzene rings is 1. The minimum absolute atomic E-state index is 0.0447. The SMILES string of the molecule is CCN(Sc1ccc(C2CNC2)s1)C(c1ccc(F)cc1)C(F)(F)F. The summed E-state index contributed by atoms with van der Waals surface area (Å²) in [5.41, 5.74) is 0.0447. The molecule has 1 saturated heterocycles. The minimum atomic E-state index is -4.45. The molecule has 2 aromatic rings. The van der Waals surface area contributed by atoms with E-state index in [4.69, 9.17) is 0 Å². The molecule has 1 atom stereocenters. The number of nitrogens with one attached hydrogen (secondary N) is 1. The first-order valence-electron chi connectivity index (χ1n) is 7.95. The van der Waals surface area contributed by atoms with Gasteiger partial charge in [0.05, 0.1) is 4.21 Å². The second kappa shape index (κ2) is 7.65. The van der Waals surface area contributed by atoms with Crippen molar-refractivity contribution in [3.8, 4) is 0 Å². The molecule has 2 nitrogen and oxygen atoms in total. The van der Waals surface area contributed by atoms with Gasteiger partial charge in [0.25, 0.3) is 0 Å². The van der Waals surface area contributed by atoms with Crippen molar-refractivity contribution in [1.29, 1.82) is 0 Å². The first-order chi connectivity index (χ1) is 11.9. The van der Waals surface area contributed by atoms with Crippen molar-refractivity contribution in [2.75, 3.05) is 19.6 Å². The predicted molar refractivity (Wildman–Crippen MR) is 93.4 cm³/mol. The molecule has 0 radical (unpaired) electrons. The molecule has 0 bridgehead atoms. The van der Waals surface area contributed by atoms with Crippen molar-refractivity contribution in [3.63, 3.8) is 0 Å². The van der Waals surface area contributed by atoms with Gasteiger partial charge in [-0.25, -0.2) is 8.70 Å². The maximum absolute atomic E-state index is 13.7. The molecule has 25 heavy (non-hydrogen) atoms. The van der Waals surface area contributed by atoms with E-state index in [1.165, 1.54) is 21.3 Å². The summed E-state index contributed by atoms with van der Waals surface area (Å²) in [6.45, 7) is 3.75. The lowest BCUT2D eigenvalue weighted by atomic mass is 10.0. The van der Waals surface area contributed by atoms with Crippen LogP contribution in [0, 0.1) is 5.82 Å². The molecule has 1 aliphatic rings. The lowest BCUT2D eigenvalue weighted by Gasteiger charge is -2.31. The smallest absolute Gasteiger partial charge is 0.315 e. The van der Waals surface area contributed by atoms with Gasteiger partial charge in [-0.15, -0.1) is 11.3 Å². The third kappa shape index (κ3) is 4.36. The molecule has 2 heterocycles. The molecule has 1 aromatic heterocycles. The quantitative estimate of drug-likeness (QED) is 0.539. The van der Waals surface area contributed by atoms with Crippen molar-refractivity contribution >= 4 is 23.3 Å². The van der Waals surface area contributed by atoms with E-state index < -0.39 is 18.0 Å². The minimum Gasteiger partial charge on any atom is -0.315 e. The summed E-state index contributed by atoms with van der Waals surface area (Å²) in [6, 6.07) is 6.64. The number of hydrogen-bond acceptors (Lipinski definition) is 4. The maximum atomic E-state index is 13.7. The second-order valence-corrected chi connectivity index (χ2v) is 8.30. The Morgan fingerprint density at radius 1 is 1.20 bits per heavy atom. The summed E-state index contributed by atoms with van der Waals surface area (Å²) in [5, 5.41) is 3.20. The molecule has 1 aliphatic heterocycles. The van der Waals surface area contributed by atoms with Crippen molar-refractivity contribution < 1.29 is 17.6 Å². The van der Waals surface area contributed by atoms with Crippen LogP contribution in [0.2, 0.25) is 0 Å². The van der Waals surface area contributed by atoms with Gasteiger partial charge >= 0.3 is 6.18 Å².